The number of halogens is 1. The van der Waals surface area contributed by atoms with E-state index in [9.17, 15) is 15.0 Å². The molecule has 1 amide bonds. The second-order valence-corrected chi connectivity index (χ2v) is 6.52. The summed E-state index contributed by atoms with van der Waals surface area (Å²) >= 11 is 3.42. The number of hydrogen-bond acceptors (Lipinski definition) is 5. The summed E-state index contributed by atoms with van der Waals surface area (Å²) in [5.41, 5.74) is 5.40. The monoisotopic (exact) mass is 406 g/mol. The van der Waals surface area contributed by atoms with Crippen LogP contribution in [0.5, 0.6) is 17.2 Å². The van der Waals surface area contributed by atoms with Crippen molar-refractivity contribution in [3.8, 4) is 17.2 Å². The average Bonchev–Trinajstić information content (AvgIpc) is 2.48. The second-order valence-electron chi connectivity index (χ2n) is 5.67. The first-order valence-electron chi connectivity index (χ1n) is 7.52. The fraction of sp³-hybridized carbons (Fsp3) is 0.222. The zero-order valence-corrected chi connectivity index (χ0v) is 15.7. The van der Waals surface area contributed by atoms with Crippen molar-refractivity contribution >= 4 is 28.1 Å². The van der Waals surface area contributed by atoms with Gasteiger partial charge in [-0.2, -0.15) is 5.10 Å². The Kier molecular flexibility index (Phi) is 6.03. The molecule has 0 spiro atoms. The molecular formula is C18H19BrN2O4. The van der Waals surface area contributed by atoms with Crippen LogP contribution in [0.15, 0.2) is 33.8 Å². The minimum absolute atomic E-state index is 0.0383. The van der Waals surface area contributed by atoms with Crippen molar-refractivity contribution in [2.45, 2.75) is 20.8 Å². The molecule has 0 radical (unpaired) electrons. The largest absolute Gasteiger partial charge is 0.508 e. The fourth-order valence-corrected chi connectivity index (χ4v) is 3.14. The van der Waals surface area contributed by atoms with E-state index in [2.05, 4.69) is 26.5 Å². The Bertz CT molecular complexity index is 788. The van der Waals surface area contributed by atoms with Crippen LogP contribution < -0.4 is 10.2 Å². The standard InChI is InChI=1S/C18H19BrN2O4/c1-10-4-12(3)18(15(19)5-10)25-9-17(24)21-20-8-14-11(2)6-13(22)7-16(14)23/h4-8,22-23H,9H2,1-3H3,(H,21,24). The third kappa shape index (κ3) is 4.96. The van der Waals surface area contributed by atoms with Crippen molar-refractivity contribution in [3.63, 3.8) is 0 Å². The van der Waals surface area contributed by atoms with Gasteiger partial charge in [-0.15, -0.1) is 0 Å². The SMILES string of the molecule is Cc1cc(C)c(OCC(=O)NN=Cc2c(C)cc(O)cc2O)c(Br)c1. The molecular weight excluding hydrogens is 388 g/mol. The molecule has 132 valence electrons. The van der Waals surface area contributed by atoms with E-state index < -0.39 is 5.91 Å². The van der Waals surface area contributed by atoms with Gasteiger partial charge in [0.25, 0.3) is 5.91 Å². The van der Waals surface area contributed by atoms with Gasteiger partial charge in [-0.3, -0.25) is 4.79 Å². The Morgan fingerprint density at radius 2 is 1.92 bits per heavy atom. The highest BCUT2D eigenvalue weighted by molar-refractivity contribution is 9.10. The van der Waals surface area contributed by atoms with Gasteiger partial charge in [0.1, 0.15) is 17.2 Å². The van der Waals surface area contributed by atoms with Gasteiger partial charge in [0, 0.05) is 11.6 Å². The lowest BCUT2D eigenvalue weighted by Gasteiger charge is -2.11. The first kappa shape index (κ1) is 18.8. The van der Waals surface area contributed by atoms with E-state index in [0.717, 1.165) is 15.6 Å². The van der Waals surface area contributed by atoms with Gasteiger partial charge in [-0.25, -0.2) is 5.43 Å². The Labute approximate surface area is 154 Å². The molecule has 0 aliphatic heterocycles. The number of phenolic OH excluding ortho intramolecular Hbond substituents is 2. The fourth-order valence-electron chi connectivity index (χ4n) is 2.35. The maximum Gasteiger partial charge on any atom is 0.277 e. The summed E-state index contributed by atoms with van der Waals surface area (Å²) in [7, 11) is 0. The molecule has 0 bridgehead atoms. The number of carbonyl (C=O) groups is 1. The number of phenols is 2. The predicted molar refractivity (Wildman–Crippen MR) is 99.4 cm³/mol. The lowest BCUT2D eigenvalue weighted by molar-refractivity contribution is -0.123. The van der Waals surface area contributed by atoms with E-state index in [1.807, 2.05) is 26.0 Å². The van der Waals surface area contributed by atoms with E-state index in [-0.39, 0.29) is 18.1 Å². The molecule has 2 aromatic rings. The molecule has 0 aliphatic rings. The van der Waals surface area contributed by atoms with Crippen LogP contribution >= 0.6 is 15.9 Å². The number of aryl methyl sites for hydroxylation is 3. The quantitative estimate of drug-likeness (QED) is 0.524. The van der Waals surface area contributed by atoms with Gasteiger partial charge in [-0.05, 0) is 65.5 Å². The van der Waals surface area contributed by atoms with Gasteiger partial charge in [0.2, 0.25) is 0 Å². The van der Waals surface area contributed by atoms with Crippen molar-refractivity contribution in [1.82, 2.24) is 5.43 Å². The third-order valence-corrected chi connectivity index (χ3v) is 4.04. The number of hydrazone groups is 1. The van der Waals surface area contributed by atoms with Gasteiger partial charge >= 0.3 is 0 Å². The minimum Gasteiger partial charge on any atom is -0.508 e. The number of ether oxygens (including phenoxy) is 1. The molecule has 25 heavy (non-hydrogen) atoms. The number of carbonyl (C=O) groups excluding carboxylic acids is 1. The molecule has 0 atom stereocenters. The number of benzene rings is 2. The Balaban J connectivity index is 1.96. The smallest absolute Gasteiger partial charge is 0.277 e. The lowest BCUT2D eigenvalue weighted by Crippen LogP contribution is -2.25. The maximum absolute atomic E-state index is 11.9. The van der Waals surface area contributed by atoms with Crippen molar-refractivity contribution in [2.75, 3.05) is 6.61 Å². The molecule has 0 unspecified atom stereocenters. The van der Waals surface area contributed by atoms with Crippen molar-refractivity contribution in [1.29, 1.82) is 0 Å². The van der Waals surface area contributed by atoms with Gasteiger partial charge in [-0.1, -0.05) is 6.07 Å². The maximum atomic E-state index is 11.9. The highest BCUT2D eigenvalue weighted by atomic mass is 79.9. The number of nitrogens with one attached hydrogen (secondary N) is 1. The lowest BCUT2D eigenvalue weighted by atomic mass is 10.1. The van der Waals surface area contributed by atoms with Crippen molar-refractivity contribution in [2.24, 2.45) is 5.10 Å². The summed E-state index contributed by atoms with van der Waals surface area (Å²) < 4.78 is 6.32. The highest BCUT2D eigenvalue weighted by Crippen LogP contribution is 2.30. The Hall–Kier alpha value is -2.54. The van der Waals surface area contributed by atoms with Crippen LogP contribution in [0.4, 0.5) is 0 Å². The van der Waals surface area contributed by atoms with Crippen molar-refractivity contribution < 1.29 is 19.7 Å². The van der Waals surface area contributed by atoms with Crippen LogP contribution in [0.1, 0.15) is 22.3 Å². The summed E-state index contributed by atoms with van der Waals surface area (Å²) in [6.45, 7) is 5.40. The average molecular weight is 407 g/mol. The van der Waals surface area contributed by atoms with Crippen LogP contribution in [-0.4, -0.2) is 28.9 Å². The van der Waals surface area contributed by atoms with E-state index >= 15 is 0 Å². The first-order valence-corrected chi connectivity index (χ1v) is 8.31. The minimum atomic E-state index is -0.431. The number of rotatable bonds is 5. The predicted octanol–water partition coefficient (Wildman–Crippen LogP) is 3.31. The molecule has 0 aliphatic carbocycles. The second kappa shape index (κ2) is 8.02. The normalized spacial score (nSPS) is 10.9. The van der Waals surface area contributed by atoms with Crippen LogP contribution in [0.3, 0.4) is 0 Å². The molecule has 6 nitrogen and oxygen atoms in total. The van der Waals surface area contributed by atoms with Crippen LogP contribution in [0, 0.1) is 20.8 Å². The Morgan fingerprint density at radius 3 is 2.56 bits per heavy atom. The highest BCUT2D eigenvalue weighted by Gasteiger charge is 2.09. The number of amides is 1. The molecule has 2 aromatic carbocycles. The van der Waals surface area contributed by atoms with E-state index in [0.29, 0.717) is 16.9 Å². The van der Waals surface area contributed by atoms with E-state index in [1.165, 1.54) is 18.3 Å². The molecule has 7 heteroatoms. The molecule has 0 saturated carbocycles. The third-order valence-electron chi connectivity index (χ3n) is 3.45. The van der Waals surface area contributed by atoms with Gasteiger partial charge in [0.05, 0.1) is 10.7 Å². The molecule has 3 N–H and O–H groups in total. The molecule has 2 rings (SSSR count). The summed E-state index contributed by atoms with van der Waals surface area (Å²) in [6.07, 6.45) is 1.31. The number of aromatic hydroxyl groups is 2. The summed E-state index contributed by atoms with van der Waals surface area (Å²) in [4.78, 5) is 11.9. The first-order chi connectivity index (χ1) is 11.8. The topological polar surface area (TPSA) is 91.2 Å². The molecule has 0 heterocycles. The summed E-state index contributed by atoms with van der Waals surface area (Å²) in [6, 6.07) is 6.57. The van der Waals surface area contributed by atoms with E-state index in [1.54, 1.807) is 6.92 Å². The van der Waals surface area contributed by atoms with Gasteiger partial charge in [0.15, 0.2) is 6.61 Å². The summed E-state index contributed by atoms with van der Waals surface area (Å²) in [5, 5.41) is 23.0. The van der Waals surface area contributed by atoms with Crippen LogP contribution in [0.25, 0.3) is 0 Å². The zero-order valence-electron chi connectivity index (χ0n) is 14.1. The van der Waals surface area contributed by atoms with Crippen molar-refractivity contribution in [3.05, 3.63) is 51.0 Å². The van der Waals surface area contributed by atoms with Crippen LogP contribution in [0.2, 0.25) is 0 Å². The van der Waals surface area contributed by atoms with Gasteiger partial charge < -0.3 is 14.9 Å². The number of nitrogens with zero attached hydrogens (tertiary/aromatic N) is 1. The molecule has 0 saturated heterocycles. The summed E-state index contributed by atoms with van der Waals surface area (Å²) in [5.74, 6) is 0.0189. The zero-order chi connectivity index (χ0) is 18.6. The van der Waals surface area contributed by atoms with Crippen LogP contribution in [-0.2, 0) is 4.79 Å². The Morgan fingerprint density at radius 1 is 1.20 bits per heavy atom. The molecule has 0 fully saturated rings. The molecule has 0 aromatic heterocycles. The number of hydrogen-bond donors (Lipinski definition) is 3. The van der Waals surface area contributed by atoms with E-state index in [4.69, 9.17) is 4.74 Å².